The van der Waals surface area contributed by atoms with Gasteiger partial charge in [0.2, 0.25) is 0 Å². The zero-order valence-electron chi connectivity index (χ0n) is 17.9. The van der Waals surface area contributed by atoms with Gasteiger partial charge in [0.15, 0.2) is 5.82 Å². The second kappa shape index (κ2) is 8.56. The normalized spacial score (nSPS) is 23.1. The van der Waals surface area contributed by atoms with Crippen LogP contribution in [-0.2, 0) is 6.54 Å². The number of aryl methyl sites for hydroxylation is 1. The van der Waals surface area contributed by atoms with Crippen molar-refractivity contribution >= 4 is 11.6 Å². The van der Waals surface area contributed by atoms with E-state index in [0.717, 1.165) is 61.9 Å². The first-order valence-electron chi connectivity index (χ1n) is 11.7. The number of fused-ring (bicyclic) bond motifs is 1. The second-order valence-corrected chi connectivity index (χ2v) is 9.15. The summed E-state index contributed by atoms with van der Waals surface area (Å²) in [6.45, 7) is 10.0. The summed E-state index contributed by atoms with van der Waals surface area (Å²) in [6.07, 6.45) is 10.6. The Bertz CT molecular complexity index is 812. The van der Waals surface area contributed by atoms with E-state index in [9.17, 15) is 0 Å². The minimum absolute atomic E-state index is 0.753. The fourth-order valence-electron chi connectivity index (χ4n) is 5.35. The molecule has 158 valence electrons. The Balaban J connectivity index is 1.26. The largest absolute Gasteiger partial charge is 0.356 e. The fourth-order valence-corrected chi connectivity index (χ4v) is 5.35. The van der Waals surface area contributed by atoms with Crippen LogP contribution in [0.15, 0.2) is 6.07 Å². The lowest BCUT2D eigenvalue weighted by atomic mass is 10.00. The zero-order chi connectivity index (χ0) is 19.6. The van der Waals surface area contributed by atoms with Gasteiger partial charge in [0.1, 0.15) is 5.82 Å². The highest BCUT2D eigenvalue weighted by Crippen LogP contribution is 2.23. The molecular weight excluding hydrogens is 362 g/mol. The molecular formula is C22H35N7. The van der Waals surface area contributed by atoms with E-state index < -0.39 is 0 Å². The third-order valence-corrected chi connectivity index (χ3v) is 6.97. The van der Waals surface area contributed by atoms with E-state index in [0.29, 0.717) is 0 Å². The minimum Gasteiger partial charge on any atom is -0.356 e. The fraction of sp³-hybridized carbons (Fsp3) is 0.773. The van der Waals surface area contributed by atoms with Crippen LogP contribution in [0.5, 0.6) is 0 Å². The number of nitrogens with zero attached hydrogens (tertiary/aromatic N) is 7. The van der Waals surface area contributed by atoms with Crippen LogP contribution in [0.1, 0.15) is 62.9 Å². The highest BCUT2D eigenvalue weighted by atomic mass is 15.4. The predicted octanol–water partition coefficient (Wildman–Crippen LogP) is 2.87. The molecule has 2 aromatic rings. The Morgan fingerprint density at radius 2 is 1.55 bits per heavy atom. The monoisotopic (exact) mass is 397 g/mol. The quantitative estimate of drug-likeness (QED) is 0.791. The highest BCUT2D eigenvalue weighted by Gasteiger charge is 2.26. The molecule has 2 aromatic heterocycles. The summed E-state index contributed by atoms with van der Waals surface area (Å²) in [7, 11) is 0. The van der Waals surface area contributed by atoms with Gasteiger partial charge < -0.3 is 9.80 Å². The number of piperidine rings is 3. The number of hydrogen-bond acceptors (Lipinski definition) is 6. The van der Waals surface area contributed by atoms with E-state index in [1.807, 2.05) is 4.52 Å². The van der Waals surface area contributed by atoms with Crippen LogP contribution in [0.4, 0.5) is 5.82 Å². The van der Waals surface area contributed by atoms with Crippen molar-refractivity contribution in [3.05, 3.63) is 17.6 Å². The summed E-state index contributed by atoms with van der Waals surface area (Å²) in [4.78, 5) is 17.2. The number of rotatable bonds is 4. The molecule has 3 aliphatic heterocycles. The van der Waals surface area contributed by atoms with E-state index in [2.05, 4.69) is 32.7 Å². The third kappa shape index (κ3) is 4.26. The summed E-state index contributed by atoms with van der Waals surface area (Å²) in [5, 5.41) is 4.88. The molecule has 0 spiro atoms. The maximum atomic E-state index is 4.88. The Morgan fingerprint density at radius 1 is 0.862 bits per heavy atom. The lowest BCUT2D eigenvalue weighted by Gasteiger charge is -2.39. The lowest BCUT2D eigenvalue weighted by Crippen LogP contribution is -2.46. The van der Waals surface area contributed by atoms with Crippen LogP contribution >= 0.6 is 0 Å². The maximum absolute atomic E-state index is 4.88. The van der Waals surface area contributed by atoms with Crippen molar-refractivity contribution in [1.82, 2.24) is 29.4 Å². The van der Waals surface area contributed by atoms with Gasteiger partial charge >= 0.3 is 0 Å². The zero-order valence-corrected chi connectivity index (χ0v) is 17.9. The summed E-state index contributed by atoms with van der Waals surface area (Å²) in [5.41, 5.74) is 1.03. The van der Waals surface area contributed by atoms with Gasteiger partial charge in [0.25, 0.3) is 5.78 Å². The summed E-state index contributed by atoms with van der Waals surface area (Å²) >= 11 is 0. The van der Waals surface area contributed by atoms with Crippen molar-refractivity contribution in [1.29, 1.82) is 0 Å². The Labute approximate surface area is 174 Å². The molecule has 3 fully saturated rings. The first-order valence-corrected chi connectivity index (χ1v) is 11.7. The van der Waals surface area contributed by atoms with Crippen molar-refractivity contribution in [3.63, 3.8) is 0 Å². The van der Waals surface area contributed by atoms with Crippen molar-refractivity contribution in [2.75, 3.05) is 44.2 Å². The standard InChI is InChI=1S/C22H35N7/c1-18-16-21(28-12-6-3-7-13-28)29-22(23-18)24-20(25-29)17-26-14-8-19(9-15-26)27-10-4-2-5-11-27/h16,19H,2-15,17H2,1H3. The molecule has 0 N–H and O–H groups in total. The predicted molar refractivity (Wildman–Crippen MR) is 115 cm³/mol. The third-order valence-electron chi connectivity index (χ3n) is 6.97. The average molecular weight is 398 g/mol. The molecule has 0 atom stereocenters. The van der Waals surface area contributed by atoms with E-state index in [1.165, 1.54) is 64.5 Å². The first kappa shape index (κ1) is 19.2. The molecule has 3 aliphatic rings. The van der Waals surface area contributed by atoms with Gasteiger partial charge in [-0.2, -0.15) is 9.50 Å². The number of hydrogen-bond donors (Lipinski definition) is 0. The molecule has 7 nitrogen and oxygen atoms in total. The number of aromatic nitrogens is 4. The molecule has 0 amide bonds. The van der Waals surface area contributed by atoms with Gasteiger partial charge in [-0.3, -0.25) is 4.90 Å². The molecule has 7 heteroatoms. The van der Waals surface area contributed by atoms with Crippen LogP contribution in [-0.4, -0.2) is 74.7 Å². The van der Waals surface area contributed by atoms with Gasteiger partial charge in [0, 0.05) is 44.0 Å². The molecule has 0 radical (unpaired) electrons. The lowest BCUT2D eigenvalue weighted by molar-refractivity contribution is 0.0886. The van der Waals surface area contributed by atoms with Crippen LogP contribution < -0.4 is 4.90 Å². The average Bonchev–Trinajstić information content (AvgIpc) is 3.17. The summed E-state index contributed by atoms with van der Waals surface area (Å²) < 4.78 is 1.98. The topological polar surface area (TPSA) is 52.8 Å². The van der Waals surface area contributed by atoms with Crippen LogP contribution in [0.25, 0.3) is 5.78 Å². The van der Waals surface area contributed by atoms with E-state index in [-0.39, 0.29) is 0 Å². The molecule has 5 heterocycles. The van der Waals surface area contributed by atoms with Crippen LogP contribution in [0.3, 0.4) is 0 Å². The maximum Gasteiger partial charge on any atom is 0.254 e. The molecule has 5 rings (SSSR count). The van der Waals surface area contributed by atoms with Gasteiger partial charge in [-0.1, -0.05) is 6.42 Å². The van der Waals surface area contributed by atoms with Crippen molar-refractivity contribution in [2.45, 2.75) is 70.9 Å². The first-order chi connectivity index (χ1) is 14.3. The summed E-state index contributed by atoms with van der Waals surface area (Å²) in [6, 6.07) is 2.96. The second-order valence-electron chi connectivity index (χ2n) is 9.15. The molecule has 29 heavy (non-hydrogen) atoms. The Kier molecular flexibility index (Phi) is 5.68. The molecule has 0 aliphatic carbocycles. The smallest absolute Gasteiger partial charge is 0.254 e. The van der Waals surface area contributed by atoms with Crippen LogP contribution in [0.2, 0.25) is 0 Å². The van der Waals surface area contributed by atoms with Gasteiger partial charge in [-0.25, -0.2) is 4.98 Å². The van der Waals surface area contributed by atoms with Crippen molar-refractivity contribution < 1.29 is 0 Å². The number of likely N-dealkylation sites (tertiary alicyclic amines) is 2. The molecule has 0 unspecified atom stereocenters. The molecule has 0 aromatic carbocycles. The molecule has 0 bridgehead atoms. The number of anilines is 1. The van der Waals surface area contributed by atoms with Gasteiger partial charge in [-0.05, 0) is 65.0 Å². The SMILES string of the molecule is Cc1cc(N2CCCCC2)n2nc(CN3CCC(N4CCCCC4)CC3)nc2n1. The minimum atomic E-state index is 0.753. The molecule has 3 saturated heterocycles. The van der Waals surface area contributed by atoms with Gasteiger partial charge in [0.05, 0.1) is 6.54 Å². The summed E-state index contributed by atoms with van der Waals surface area (Å²) in [5.74, 6) is 2.83. The Hall–Kier alpha value is -1.73. The van der Waals surface area contributed by atoms with E-state index >= 15 is 0 Å². The highest BCUT2D eigenvalue weighted by molar-refractivity contribution is 5.47. The Morgan fingerprint density at radius 3 is 2.28 bits per heavy atom. The van der Waals surface area contributed by atoms with Crippen molar-refractivity contribution in [3.8, 4) is 0 Å². The van der Waals surface area contributed by atoms with Gasteiger partial charge in [-0.15, -0.1) is 5.10 Å². The van der Waals surface area contributed by atoms with Crippen LogP contribution in [0, 0.1) is 6.92 Å². The van der Waals surface area contributed by atoms with E-state index in [1.54, 1.807) is 0 Å². The van der Waals surface area contributed by atoms with E-state index in [4.69, 9.17) is 10.1 Å². The van der Waals surface area contributed by atoms with Crippen molar-refractivity contribution in [2.24, 2.45) is 0 Å². The molecule has 0 saturated carbocycles.